The SMILES string of the molecule is Cc1cccnc1CN(C(=O)C(=O)Nc1cnc(N)c2cn[nH]c12)C(C)C(C)C. The standard InChI is InChI=1S/C20H25N7O2/c1-11(2)13(4)27(10-16-12(3)6-5-7-22-16)20(29)19(28)25-15-9-23-18(21)14-8-24-26-17(14)15/h5-9,11,13H,10H2,1-4H3,(H2,21,23)(H,24,26)(H,25,28). The van der Waals surface area contributed by atoms with Gasteiger partial charge in [-0.05, 0) is 31.4 Å². The van der Waals surface area contributed by atoms with Crippen molar-refractivity contribution in [1.82, 2.24) is 25.1 Å². The second-order valence-electron chi connectivity index (χ2n) is 7.35. The first-order valence-corrected chi connectivity index (χ1v) is 9.39. The maximum atomic E-state index is 13.1. The fourth-order valence-corrected chi connectivity index (χ4v) is 2.96. The number of rotatable bonds is 5. The molecule has 0 aliphatic carbocycles. The summed E-state index contributed by atoms with van der Waals surface area (Å²) in [6, 6.07) is 3.61. The lowest BCUT2D eigenvalue weighted by molar-refractivity contribution is -0.145. The number of hydrogen-bond donors (Lipinski definition) is 3. The molecule has 3 rings (SSSR count). The van der Waals surface area contributed by atoms with E-state index < -0.39 is 11.8 Å². The summed E-state index contributed by atoms with van der Waals surface area (Å²) in [6.07, 6.45) is 4.60. The first-order chi connectivity index (χ1) is 13.8. The lowest BCUT2D eigenvalue weighted by Gasteiger charge is -2.31. The Bertz CT molecular complexity index is 1040. The zero-order valence-corrected chi connectivity index (χ0v) is 16.9. The second kappa shape index (κ2) is 8.26. The van der Waals surface area contributed by atoms with Crippen molar-refractivity contribution in [2.24, 2.45) is 5.92 Å². The average Bonchev–Trinajstić information content (AvgIpc) is 3.19. The Morgan fingerprint density at radius 1 is 1.24 bits per heavy atom. The quantitative estimate of drug-likeness (QED) is 0.568. The Labute approximate surface area is 168 Å². The van der Waals surface area contributed by atoms with Crippen molar-refractivity contribution in [3.05, 3.63) is 42.0 Å². The van der Waals surface area contributed by atoms with E-state index in [-0.39, 0.29) is 18.5 Å². The number of nitrogens with zero attached hydrogens (tertiary/aromatic N) is 4. The van der Waals surface area contributed by atoms with Crippen LogP contribution in [0.25, 0.3) is 10.9 Å². The number of nitrogen functional groups attached to an aromatic ring is 1. The zero-order valence-electron chi connectivity index (χ0n) is 16.9. The minimum Gasteiger partial charge on any atom is -0.383 e. The van der Waals surface area contributed by atoms with Crippen LogP contribution >= 0.6 is 0 Å². The first-order valence-electron chi connectivity index (χ1n) is 9.39. The van der Waals surface area contributed by atoms with Gasteiger partial charge in [0, 0.05) is 12.2 Å². The van der Waals surface area contributed by atoms with Crippen LogP contribution in [0.3, 0.4) is 0 Å². The monoisotopic (exact) mass is 395 g/mol. The zero-order chi connectivity index (χ0) is 21.1. The van der Waals surface area contributed by atoms with Gasteiger partial charge in [0.2, 0.25) is 0 Å². The van der Waals surface area contributed by atoms with Gasteiger partial charge in [-0.3, -0.25) is 19.7 Å². The Balaban J connectivity index is 1.86. The molecule has 0 aromatic carbocycles. The van der Waals surface area contributed by atoms with Crippen molar-refractivity contribution in [2.75, 3.05) is 11.1 Å². The van der Waals surface area contributed by atoms with Crippen LogP contribution in [-0.2, 0) is 16.1 Å². The van der Waals surface area contributed by atoms with Crippen molar-refractivity contribution in [3.63, 3.8) is 0 Å². The number of carbonyl (C=O) groups excluding carboxylic acids is 2. The molecule has 0 spiro atoms. The van der Waals surface area contributed by atoms with Gasteiger partial charge in [0.25, 0.3) is 0 Å². The number of pyridine rings is 2. The van der Waals surface area contributed by atoms with E-state index in [9.17, 15) is 9.59 Å². The third-order valence-electron chi connectivity index (χ3n) is 5.12. The minimum atomic E-state index is -0.756. The van der Waals surface area contributed by atoms with Crippen LogP contribution in [0.4, 0.5) is 11.5 Å². The van der Waals surface area contributed by atoms with E-state index in [1.807, 2.05) is 39.8 Å². The summed E-state index contributed by atoms with van der Waals surface area (Å²) in [5.41, 5.74) is 8.39. The normalized spacial score (nSPS) is 12.2. The molecule has 3 heterocycles. The number of fused-ring (bicyclic) bond motifs is 1. The highest BCUT2D eigenvalue weighted by Gasteiger charge is 2.29. The summed E-state index contributed by atoms with van der Waals surface area (Å²) in [5, 5.41) is 9.91. The van der Waals surface area contributed by atoms with Gasteiger partial charge in [-0.15, -0.1) is 0 Å². The number of carbonyl (C=O) groups is 2. The highest BCUT2D eigenvalue weighted by Crippen LogP contribution is 2.24. The molecule has 3 aromatic heterocycles. The van der Waals surface area contributed by atoms with Gasteiger partial charge < -0.3 is 16.0 Å². The number of aromatic amines is 1. The van der Waals surface area contributed by atoms with Crippen LogP contribution < -0.4 is 11.1 Å². The Kier molecular flexibility index (Phi) is 5.76. The van der Waals surface area contributed by atoms with Crippen molar-refractivity contribution in [2.45, 2.75) is 40.3 Å². The van der Waals surface area contributed by atoms with Crippen molar-refractivity contribution >= 4 is 34.2 Å². The van der Waals surface area contributed by atoms with Crippen LogP contribution in [0, 0.1) is 12.8 Å². The largest absolute Gasteiger partial charge is 0.383 e. The number of nitrogens with two attached hydrogens (primary N) is 1. The molecular weight excluding hydrogens is 370 g/mol. The molecule has 3 aromatic rings. The number of hydrogen-bond acceptors (Lipinski definition) is 6. The first kappa shape index (κ1) is 20.2. The highest BCUT2D eigenvalue weighted by molar-refractivity contribution is 6.40. The van der Waals surface area contributed by atoms with E-state index in [4.69, 9.17) is 5.73 Å². The summed E-state index contributed by atoms with van der Waals surface area (Å²) in [6.45, 7) is 8.11. The molecule has 0 saturated heterocycles. The molecule has 0 bridgehead atoms. The molecule has 9 heteroatoms. The predicted octanol–water partition coefficient (Wildman–Crippen LogP) is 2.26. The van der Waals surface area contributed by atoms with Gasteiger partial charge >= 0.3 is 11.8 Å². The molecule has 0 aliphatic heterocycles. The maximum absolute atomic E-state index is 13.1. The molecule has 152 valence electrons. The van der Waals surface area contributed by atoms with Gasteiger partial charge in [-0.25, -0.2) is 4.98 Å². The highest BCUT2D eigenvalue weighted by atomic mass is 16.2. The van der Waals surface area contributed by atoms with E-state index in [0.29, 0.717) is 22.4 Å². The summed E-state index contributed by atoms with van der Waals surface area (Å²) in [4.78, 5) is 35.8. The fourth-order valence-electron chi connectivity index (χ4n) is 2.96. The second-order valence-corrected chi connectivity index (χ2v) is 7.35. The number of amides is 2. The smallest absolute Gasteiger partial charge is 0.314 e. The van der Waals surface area contributed by atoms with Crippen LogP contribution in [-0.4, -0.2) is 42.9 Å². The Morgan fingerprint density at radius 3 is 2.69 bits per heavy atom. The Morgan fingerprint density at radius 2 is 2.00 bits per heavy atom. The van der Waals surface area contributed by atoms with E-state index in [0.717, 1.165) is 11.3 Å². The molecular formula is C20H25N7O2. The topological polar surface area (TPSA) is 130 Å². The van der Waals surface area contributed by atoms with E-state index in [2.05, 4.69) is 25.5 Å². The average molecular weight is 395 g/mol. The summed E-state index contributed by atoms with van der Waals surface area (Å²) in [7, 11) is 0. The molecule has 9 nitrogen and oxygen atoms in total. The summed E-state index contributed by atoms with van der Waals surface area (Å²) in [5.74, 6) is -0.943. The Hall–Kier alpha value is -3.49. The lowest BCUT2D eigenvalue weighted by Crippen LogP contribution is -2.46. The molecule has 0 fully saturated rings. The third-order valence-corrected chi connectivity index (χ3v) is 5.12. The molecule has 1 unspecified atom stereocenters. The van der Waals surface area contributed by atoms with E-state index in [1.165, 1.54) is 12.4 Å². The lowest BCUT2D eigenvalue weighted by atomic mass is 10.0. The van der Waals surface area contributed by atoms with Gasteiger partial charge in [-0.1, -0.05) is 19.9 Å². The van der Waals surface area contributed by atoms with Gasteiger partial charge in [0.05, 0.1) is 41.2 Å². The van der Waals surface area contributed by atoms with Crippen LogP contribution in [0.15, 0.2) is 30.7 Å². The van der Waals surface area contributed by atoms with Crippen LogP contribution in [0.2, 0.25) is 0 Å². The number of aryl methyl sites for hydroxylation is 1. The van der Waals surface area contributed by atoms with E-state index >= 15 is 0 Å². The summed E-state index contributed by atoms with van der Waals surface area (Å²) >= 11 is 0. The molecule has 29 heavy (non-hydrogen) atoms. The predicted molar refractivity (Wildman–Crippen MR) is 111 cm³/mol. The van der Waals surface area contributed by atoms with Crippen molar-refractivity contribution in [3.8, 4) is 0 Å². The van der Waals surface area contributed by atoms with E-state index in [1.54, 1.807) is 11.1 Å². The number of aromatic nitrogens is 4. The number of H-pyrrole nitrogens is 1. The molecule has 2 amide bonds. The fraction of sp³-hybridized carbons (Fsp3) is 0.350. The third kappa shape index (κ3) is 4.18. The van der Waals surface area contributed by atoms with Crippen molar-refractivity contribution < 1.29 is 9.59 Å². The number of nitrogens with one attached hydrogen (secondary N) is 2. The summed E-state index contributed by atoms with van der Waals surface area (Å²) < 4.78 is 0. The van der Waals surface area contributed by atoms with Crippen LogP contribution in [0.1, 0.15) is 32.0 Å². The van der Waals surface area contributed by atoms with Crippen molar-refractivity contribution in [1.29, 1.82) is 0 Å². The minimum absolute atomic E-state index is 0.160. The molecule has 1 atom stereocenters. The maximum Gasteiger partial charge on any atom is 0.314 e. The number of anilines is 2. The van der Waals surface area contributed by atoms with Gasteiger partial charge in [0.15, 0.2) is 0 Å². The molecule has 0 saturated carbocycles. The molecule has 4 N–H and O–H groups in total. The van der Waals surface area contributed by atoms with Crippen LogP contribution in [0.5, 0.6) is 0 Å². The molecule has 0 radical (unpaired) electrons. The van der Waals surface area contributed by atoms with Gasteiger partial charge in [0.1, 0.15) is 5.82 Å². The molecule has 0 aliphatic rings. The van der Waals surface area contributed by atoms with Gasteiger partial charge in [-0.2, -0.15) is 5.10 Å².